The number of ether oxygens (including phenoxy) is 2. The first-order valence-electron chi connectivity index (χ1n) is 17.0. The van der Waals surface area contributed by atoms with Crippen molar-refractivity contribution in [3.05, 3.63) is 101 Å². The molecule has 0 bridgehead atoms. The van der Waals surface area contributed by atoms with Crippen molar-refractivity contribution >= 4 is 22.6 Å². The van der Waals surface area contributed by atoms with E-state index in [1.165, 1.54) is 28.2 Å². The Hall–Kier alpha value is -5.46. The molecule has 2 aliphatic carbocycles. The molecule has 3 heterocycles. The van der Waals surface area contributed by atoms with Gasteiger partial charge in [-0.2, -0.15) is 0 Å². The molecule has 0 spiro atoms. The van der Waals surface area contributed by atoms with Crippen LogP contribution in [-0.4, -0.2) is 54.4 Å². The van der Waals surface area contributed by atoms with Gasteiger partial charge in [0.25, 0.3) is 5.56 Å². The number of Topliss-reactive ketones (excluding diaryl/α,β-unsaturated/α-hetero) is 2. The van der Waals surface area contributed by atoms with Gasteiger partial charge in [-0.3, -0.25) is 14.4 Å². The lowest BCUT2D eigenvalue weighted by Gasteiger charge is -2.53. The van der Waals surface area contributed by atoms with Gasteiger partial charge in [0.2, 0.25) is 0 Å². The molecule has 0 amide bonds. The third kappa shape index (κ3) is 4.73. The number of phenolic OH excluding ortho intramolecular Hbond substituents is 1. The number of carbonyl (C=O) groups excluding carboxylic acids is 2. The van der Waals surface area contributed by atoms with E-state index in [0.29, 0.717) is 44.8 Å². The molecule has 4 aromatic rings. The van der Waals surface area contributed by atoms with E-state index in [1.807, 2.05) is 25.1 Å². The van der Waals surface area contributed by atoms with Crippen LogP contribution in [0.2, 0.25) is 0 Å². The van der Waals surface area contributed by atoms with Crippen LogP contribution in [0.25, 0.3) is 11.0 Å². The second kappa shape index (κ2) is 11.8. The monoisotopic (exact) mass is 695 g/mol. The van der Waals surface area contributed by atoms with Gasteiger partial charge >= 0.3 is 11.4 Å². The number of aryl methyl sites for hydroxylation is 4. The van der Waals surface area contributed by atoms with E-state index in [2.05, 4.69) is 4.98 Å². The Morgan fingerprint density at radius 1 is 0.922 bits per heavy atom. The standard InChI is InChI=1S/C38H41N5O8/c1-18-13-22(14-19(2)32(18)44)31-23-9-12-42-36(48)41(11-10-25-35(47)40(6)28-17-30(51-8)29(50-7)16-26(28)39-25)37(49)43(42)27(23)15-24-33(45)20(3)21(4)34(46)38(24,31)5/h9,13-14,16-17,24,27,31,44H,10-12,15H2,1-8H3/t24-,27+,31-,38+/m0/s1. The second-order valence-corrected chi connectivity index (χ2v) is 14.2. The molecule has 4 atom stereocenters. The van der Waals surface area contributed by atoms with Crippen molar-refractivity contribution in [2.24, 2.45) is 18.4 Å². The van der Waals surface area contributed by atoms with Gasteiger partial charge in [0.05, 0.1) is 43.3 Å². The summed E-state index contributed by atoms with van der Waals surface area (Å²) in [5, 5.41) is 10.6. The average Bonchev–Trinajstić information content (AvgIpc) is 3.36. The molecule has 2 aromatic carbocycles. The molecule has 2 aromatic heterocycles. The lowest BCUT2D eigenvalue weighted by Crippen LogP contribution is -2.55. The fourth-order valence-corrected chi connectivity index (χ4v) is 8.71. The Morgan fingerprint density at radius 2 is 1.57 bits per heavy atom. The number of rotatable bonds is 6. The number of nitrogens with zero attached hydrogens (tertiary/aromatic N) is 5. The van der Waals surface area contributed by atoms with E-state index in [1.54, 1.807) is 46.9 Å². The molecule has 1 fully saturated rings. The van der Waals surface area contributed by atoms with E-state index in [-0.39, 0.29) is 54.5 Å². The Labute approximate surface area is 293 Å². The zero-order valence-electron chi connectivity index (χ0n) is 30.0. The van der Waals surface area contributed by atoms with Crippen LogP contribution in [0.4, 0.5) is 0 Å². The third-order valence-corrected chi connectivity index (χ3v) is 11.6. The number of benzene rings is 2. The van der Waals surface area contributed by atoms with Crippen molar-refractivity contribution < 1.29 is 24.2 Å². The van der Waals surface area contributed by atoms with Crippen LogP contribution in [0.1, 0.15) is 61.5 Å². The van der Waals surface area contributed by atoms with Crippen LogP contribution in [0.5, 0.6) is 17.2 Å². The van der Waals surface area contributed by atoms with Gasteiger partial charge < -0.3 is 19.1 Å². The maximum atomic E-state index is 14.3. The zero-order valence-corrected chi connectivity index (χ0v) is 30.0. The SMILES string of the molecule is COc1cc2nc(CCn3c(=O)n4n(c3=O)[C@@H]3C[C@H]5C(=O)C(C)=C(C)C(=O)[C@@]5(C)[C@@H](c5cc(C)c(O)c(C)c5)C3=CC4)c(=O)n(C)c2cc1OC. The van der Waals surface area contributed by atoms with Crippen molar-refractivity contribution in [2.45, 2.75) is 72.5 Å². The molecular formula is C38H41N5O8. The van der Waals surface area contributed by atoms with Crippen LogP contribution in [0.3, 0.4) is 0 Å². The molecule has 51 heavy (non-hydrogen) atoms. The second-order valence-electron chi connectivity index (χ2n) is 14.2. The van der Waals surface area contributed by atoms with Crippen molar-refractivity contribution in [2.75, 3.05) is 14.2 Å². The molecule has 13 nitrogen and oxygen atoms in total. The number of hydrogen-bond donors (Lipinski definition) is 1. The topological polar surface area (TPSA) is 157 Å². The van der Waals surface area contributed by atoms with Crippen LogP contribution in [0.15, 0.2) is 61.4 Å². The average molecular weight is 696 g/mol. The van der Waals surface area contributed by atoms with E-state index >= 15 is 0 Å². The van der Waals surface area contributed by atoms with Gasteiger partial charge in [-0.05, 0) is 67.5 Å². The Kier molecular flexibility index (Phi) is 7.88. The van der Waals surface area contributed by atoms with E-state index in [9.17, 15) is 29.1 Å². The molecule has 7 rings (SSSR count). The van der Waals surface area contributed by atoms with Gasteiger partial charge in [0.15, 0.2) is 23.1 Å². The van der Waals surface area contributed by atoms with Crippen molar-refractivity contribution in [3.8, 4) is 17.2 Å². The number of aromatic hydroxyl groups is 1. The molecule has 13 heteroatoms. The number of aromatic nitrogens is 5. The summed E-state index contributed by atoms with van der Waals surface area (Å²) in [4.78, 5) is 74.4. The number of carbonyl (C=O) groups is 2. The number of methoxy groups -OCH3 is 2. The molecular weight excluding hydrogens is 654 g/mol. The minimum Gasteiger partial charge on any atom is -0.507 e. The Bertz CT molecular complexity index is 2440. The van der Waals surface area contributed by atoms with Crippen LogP contribution >= 0.6 is 0 Å². The van der Waals surface area contributed by atoms with Gasteiger partial charge in [-0.25, -0.2) is 28.5 Å². The summed E-state index contributed by atoms with van der Waals surface area (Å²) >= 11 is 0. The van der Waals surface area contributed by atoms with Gasteiger partial charge in [0.1, 0.15) is 11.4 Å². The summed E-state index contributed by atoms with van der Waals surface area (Å²) in [6.07, 6.45) is 2.07. The molecule has 1 aliphatic heterocycles. The highest BCUT2D eigenvalue weighted by molar-refractivity contribution is 6.15. The highest BCUT2D eigenvalue weighted by Gasteiger charge is 2.60. The number of phenols is 1. The minimum absolute atomic E-state index is 0.00665. The first-order valence-corrected chi connectivity index (χ1v) is 17.0. The summed E-state index contributed by atoms with van der Waals surface area (Å²) < 4.78 is 16.2. The maximum absolute atomic E-state index is 14.3. The maximum Gasteiger partial charge on any atom is 0.347 e. The first kappa shape index (κ1) is 34.0. The predicted octanol–water partition coefficient (Wildman–Crippen LogP) is 3.42. The summed E-state index contributed by atoms with van der Waals surface area (Å²) in [5.41, 5.74) is 2.19. The van der Waals surface area contributed by atoms with Gasteiger partial charge in [-0.1, -0.05) is 25.1 Å². The Morgan fingerprint density at radius 3 is 2.22 bits per heavy atom. The molecule has 1 saturated carbocycles. The van der Waals surface area contributed by atoms with Gasteiger partial charge in [-0.15, -0.1) is 0 Å². The van der Waals surface area contributed by atoms with Crippen LogP contribution < -0.4 is 26.4 Å². The summed E-state index contributed by atoms with van der Waals surface area (Å²) in [6.45, 7) is 8.75. The van der Waals surface area contributed by atoms with Gasteiger partial charge in [0, 0.05) is 44.0 Å². The molecule has 0 radical (unpaired) electrons. The number of fused-ring (bicyclic) bond motifs is 5. The first-order chi connectivity index (χ1) is 24.1. The van der Waals surface area contributed by atoms with Crippen molar-refractivity contribution in [1.82, 2.24) is 23.5 Å². The fraction of sp³-hybridized carbons (Fsp3) is 0.421. The predicted molar refractivity (Wildman–Crippen MR) is 189 cm³/mol. The highest BCUT2D eigenvalue weighted by Crippen LogP contribution is 2.60. The zero-order chi connectivity index (χ0) is 36.8. The molecule has 266 valence electrons. The molecule has 3 aliphatic rings. The fourth-order valence-electron chi connectivity index (χ4n) is 8.71. The lowest BCUT2D eigenvalue weighted by atomic mass is 9.50. The van der Waals surface area contributed by atoms with Crippen LogP contribution in [-0.2, 0) is 36.1 Å². The molecule has 0 unspecified atom stereocenters. The van der Waals surface area contributed by atoms with E-state index in [4.69, 9.17) is 9.47 Å². The number of allylic oxidation sites excluding steroid dienone is 4. The summed E-state index contributed by atoms with van der Waals surface area (Å²) in [5.74, 6) is -0.580. The van der Waals surface area contributed by atoms with E-state index < -0.39 is 34.7 Å². The summed E-state index contributed by atoms with van der Waals surface area (Å²) in [7, 11) is 4.63. The van der Waals surface area contributed by atoms with Crippen molar-refractivity contribution in [3.63, 3.8) is 0 Å². The molecule has 1 N–H and O–H groups in total. The normalized spacial score (nSPS) is 22.8. The number of ketones is 2. The lowest BCUT2D eigenvalue weighted by molar-refractivity contribution is -0.140. The highest BCUT2D eigenvalue weighted by atomic mass is 16.5. The molecule has 0 saturated heterocycles. The van der Waals surface area contributed by atoms with Crippen LogP contribution in [0, 0.1) is 25.2 Å². The Balaban J connectivity index is 1.32. The minimum atomic E-state index is -1.15. The van der Waals surface area contributed by atoms with E-state index in [0.717, 1.165) is 15.7 Å². The third-order valence-electron chi connectivity index (χ3n) is 11.6. The van der Waals surface area contributed by atoms with Crippen molar-refractivity contribution in [1.29, 1.82) is 0 Å². The number of hydrogen-bond acceptors (Lipinski definition) is 9. The quantitative estimate of drug-likeness (QED) is 0.299. The largest absolute Gasteiger partial charge is 0.507 e. The summed E-state index contributed by atoms with van der Waals surface area (Å²) in [6, 6.07) is 6.34. The smallest absolute Gasteiger partial charge is 0.347 e.